The zero-order valence-corrected chi connectivity index (χ0v) is 7.88. The van der Waals surface area contributed by atoms with Gasteiger partial charge in [-0.3, -0.25) is 4.79 Å². The zero-order chi connectivity index (χ0) is 8.97. The minimum Gasteiger partial charge on any atom is -0.369 e. The van der Waals surface area contributed by atoms with Crippen LogP contribution in [0.4, 0.5) is 0 Å². The van der Waals surface area contributed by atoms with Crippen LogP contribution in [0.5, 0.6) is 0 Å². The Morgan fingerprint density at radius 1 is 1.50 bits per heavy atom. The van der Waals surface area contributed by atoms with E-state index in [1.54, 1.807) is 0 Å². The number of amides is 1. The highest BCUT2D eigenvalue weighted by atomic mass is 16.1. The fourth-order valence-electron chi connectivity index (χ4n) is 2.13. The molecule has 0 spiro atoms. The maximum absolute atomic E-state index is 10.9. The van der Waals surface area contributed by atoms with Gasteiger partial charge < -0.3 is 5.73 Å². The van der Waals surface area contributed by atoms with Crippen LogP contribution in [0, 0.1) is 11.8 Å². The molecular weight excluding hydrogens is 150 g/mol. The Hall–Kier alpha value is -0.530. The smallest absolute Gasteiger partial charge is 0.220 e. The summed E-state index contributed by atoms with van der Waals surface area (Å²) in [6.07, 6.45) is 7.25. The minimum atomic E-state index is -0.107. The molecule has 1 rings (SSSR count). The lowest BCUT2D eigenvalue weighted by Crippen LogP contribution is -2.24. The van der Waals surface area contributed by atoms with E-state index in [-0.39, 0.29) is 11.8 Å². The van der Waals surface area contributed by atoms with E-state index in [2.05, 4.69) is 0 Å². The molecule has 12 heavy (non-hydrogen) atoms. The molecule has 1 aliphatic carbocycles. The number of carbonyl (C=O) groups is 1. The lowest BCUT2D eigenvalue weighted by atomic mass is 9.91. The second-order valence-electron chi connectivity index (χ2n) is 3.89. The van der Waals surface area contributed by atoms with E-state index >= 15 is 0 Å². The van der Waals surface area contributed by atoms with E-state index in [1.807, 2.05) is 6.92 Å². The molecule has 0 aromatic carbocycles. The van der Waals surface area contributed by atoms with Gasteiger partial charge in [-0.25, -0.2) is 0 Å². The Morgan fingerprint density at radius 2 is 2.08 bits per heavy atom. The van der Waals surface area contributed by atoms with Crippen molar-refractivity contribution in [3.63, 3.8) is 0 Å². The molecule has 2 N–H and O–H groups in total. The highest BCUT2D eigenvalue weighted by Gasteiger charge is 2.21. The minimum absolute atomic E-state index is 0.107. The summed E-state index contributed by atoms with van der Waals surface area (Å²) in [7, 11) is 0. The number of rotatable bonds is 4. The highest BCUT2D eigenvalue weighted by molar-refractivity contribution is 5.76. The molecule has 0 saturated heterocycles. The average molecular weight is 169 g/mol. The summed E-state index contributed by atoms with van der Waals surface area (Å²) in [6, 6.07) is 0. The van der Waals surface area contributed by atoms with Gasteiger partial charge >= 0.3 is 0 Å². The summed E-state index contributed by atoms with van der Waals surface area (Å²) in [5.41, 5.74) is 5.29. The molecule has 1 fully saturated rings. The second-order valence-corrected chi connectivity index (χ2v) is 3.89. The van der Waals surface area contributed by atoms with Gasteiger partial charge in [0.1, 0.15) is 0 Å². The summed E-state index contributed by atoms with van der Waals surface area (Å²) >= 11 is 0. The third-order valence-electron chi connectivity index (χ3n) is 2.99. The molecule has 70 valence electrons. The predicted molar refractivity (Wildman–Crippen MR) is 49.6 cm³/mol. The van der Waals surface area contributed by atoms with Gasteiger partial charge in [-0.15, -0.1) is 0 Å². The van der Waals surface area contributed by atoms with Crippen molar-refractivity contribution in [3.8, 4) is 0 Å². The SMILES string of the molecule is CCC(CC1CCCC1)C(N)=O. The van der Waals surface area contributed by atoms with E-state index in [9.17, 15) is 4.79 Å². The summed E-state index contributed by atoms with van der Waals surface area (Å²) in [5.74, 6) is 0.806. The van der Waals surface area contributed by atoms with Crippen LogP contribution in [-0.2, 0) is 4.79 Å². The van der Waals surface area contributed by atoms with Crippen LogP contribution in [0.25, 0.3) is 0 Å². The first kappa shape index (κ1) is 9.56. The van der Waals surface area contributed by atoms with Crippen molar-refractivity contribution in [3.05, 3.63) is 0 Å². The zero-order valence-electron chi connectivity index (χ0n) is 7.88. The van der Waals surface area contributed by atoms with Crippen molar-refractivity contribution in [1.82, 2.24) is 0 Å². The summed E-state index contributed by atoms with van der Waals surface area (Å²) in [5, 5.41) is 0. The first-order valence-electron chi connectivity index (χ1n) is 5.03. The average Bonchev–Trinajstić information content (AvgIpc) is 2.51. The number of hydrogen-bond donors (Lipinski definition) is 1. The molecular formula is C10H19NO. The van der Waals surface area contributed by atoms with Crippen LogP contribution < -0.4 is 5.73 Å². The molecule has 0 aliphatic heterocycles. The lowest BCUT2D eigenvalue weighted by Gasteiger charge is -2.15. The maximum Gasteiger partial charge on any atom is 0.220 e. The number of primary amides is 1. The molecule has 2 nitrogen and oxygen atoms in total. The quantitative estimate of drug-likeness (QED) is 0.688. The van der Waals surface area contributed by atoms with E-state index in [4.69, 9.17) is 5.73 Å². The molecule has 1 atom stereocenters. The number of carbonyl (C=O) groups excluding carboxylic acids is 1. The fraction of sp³-hybridized carbons (Fsp3) is 0.900. The van der Waals surface area contributed by atoms with Gasteiger partial charge in [-0.2, -0.15) is 0 Å². The van der Waals surface area contributed by atoms with Gasteiger partial charge in [0.05, 0.1) is 0 Å². The molecule has 0 bridgehead atoms. The van der Waals surface area contributed by atoms with Gasteiger partial charge in [0, 0.05) is 5.92 Å². The molecule has 1 unspecified atom stereocenters. The molecule has 0 radical (unpaired) electrons. The summed E-state index contributed by atoms with van der Waals surface area (Å²) in [4.78, 5) is 10.9. The van der Waals surface area contributed by atoms with Gasteiger partial charge in [0.15, 0.2) is 0 Å². The van der Waals surface area contributed by atoms with Crippen molar-refractivity contribution in [1.29, 1.82) is 0 Å². The number of hydrogen-bond acceptors (Lipinski definition) is 1. The van der Waals surface area contributed by atoms with Crippen molar-refractivity contribution in [2.24, 2.45) is 17.6 Å². The summed E-state index contributed by atoms with van der Waals surface area (Å²) in [6.45, 7) is 2.05. The van der Waals surface area contributed by atoms with Gasteiger partial charge in [-0.05, 0) is 18.8 Å². The Bertz CT molecular complexity index is 150. The standard InChI is InChI=1S/C10H19NO/c1-2-9(10(11)12)7-8-5-3-4-6-8/h8-9H,2-7H2,1H3,(H2,11,12). The third-order valence-corrected chi connectivity index (χ3v) is 2.99. The molecule has 1 aliphatic rings. The third kappa shape index (κ3) is 2.50. The fourth-order valence-corrected chi connectivity index (χ4v) is 2.13. The largest absolute Gasteiger partial charge is 0.369 e. The van der Waals surface area contributed by atoms with Crippen molar-refractivity contribution in [2.75, 3.05) is 0 Å². The van der Waals surface area contributed by atoms with Crippen LogP contribution >= 0.6 is 0 Å². The van der Waals surface area contributed by atoms with Gasteiger partial charge in [0.25, 0.3) is 0 Å². The maximum atomic E-state index is 10.9. The Kier molecular flexibility index (Phi) is 3.57. The Morgan fingerprint density at radius 3 is 2.50 bits per heavy atom. The Labute approximate surface area is 74.5 Å². The van der Waals surface area contributed by atoms with Crippen LogP contribution in [0.15, 0.2) is 0 Å². The normalized spacial score (nSPS) is 21.1. The molecule has 1 saturated carbocycles. The van der Waals surface area contributed by atoms with E-state index in [1.165, 1.54) is 25.7 Å². The summed E-state index contributed by atoms with van der Waals surface area (Å²) < 4.78 is 0. The van der Waals surface area contributed by atoms with E-state index in [0.717, 1.165) is 18.8 Å². The molecule has 0 aromatic rings. The first-order valence-corrected chi connectivity index (χ1v) is 5.03. The van der Waals surface area contributed by atoms with Crippen LogP contribution in [0.1, 0.15) is 45.4 Å². The first-order chi connectivity index (χ1) is 5.74. The van der Waals surface area contributed by atoms with Crippen molar-refractivity contribution >= 4 is 5.91 Å². The Balaban J connectivity index is 2.30. The van der Waals surface area contributed by atoms with E-state index in [0.29, 0.717) is 0 Å². The van der Waals surface area contributed by atoms with Gasteiger partial charge in [0.2, 0.25) is 5.91 Å². The van der Waals surface area contributed by atoms with Crippen molar-refractivity contribution in [2.45, 2.75) is 45.4 Å². The second kappa shape index (κ2) is 4.48. The van der Waals surface area contributed by atoms with Crippen LogP contribution in [-0.4, -0.2) is 5.91 Å². The molecule has 0 aromatic heterocycles. The lowest BCUT2D eigenvalue weighted by molar-refractivity contribution is -0.122. The monoisotopic (exact) mass is 169 g/mol. The topological polar surface area (TPSA) is 43.1 Å². The predicted octanol–water partition coefficient (Wildman–Crippen LogP) is 2.08. The van der Waals surface area contributed by atoms with Gasteiger partial charge in [-0.1, -0.05) is 32.6 Å². The highest BCUT2D eigenvalue weighted by Crippen LogP contribution is 2.30. The van der Waals surface area contributed by atoms with E-state index < -0.39 is 0 Å². The number of nitrogens with two attached hydrogens (primary N) is 1. The molecule has 0 heterocycles. The molecule has 1 amide bonds. The van der Waals surface area contributed by atoms with Crippen LogP contribution in [0.2, 0.25) is 0 Å². The van der Waals surface area contributed by atoms with Crippen molar-refractivity contribution < 1.29 is 4.79 Å². The van der Waals surface area contributed by atoms with Crippen LogP contribution in [0.3, 0.4) is 0 Å². The molecule has 2 heteroatoms.